The number of benzene rings is 2. The highest BCUT2D eigenvalue weighted by atomic mass is 35.5. The number of thiazole rings is 1. The number of ether oxygens (including phenoxy) is 1. The molecule has 0 saturated carbocycles. The molecule has 0 aliphatic rings. The number of anilines is 2. The van der Waals surface area contributed by atoms with E-state index in [0.29, 0.717) is 45.6 Å². The lowest BCUT2D eigenvalue weighted by molar-refractivity contribution is 0.306. The molecule has 0 spiro atoms. The molecule has 3 aromatic heterocycles. The molecule has 5 rings (SSSR count). The van der Waals surface area contributed by atoms with E-state index in [-0.39, 0.29) is 23.9 Å². The number of halogens is 2. The Hall–Kier alpha value is -3.71. The second-order valence-electron chi connectivity index (χ2n) is 9.71. The summed E-state index contributed by atoms with van der Waals surface area (Å²) >= 11 is 8.05. The minimum Gasteiger partial charge on any atom is -0.487 e. The molecule has 0 unspecified atom stereocenters. The van der Waals surface area contributed by atoms with Crippen LogP contribution in [0.4, 0.5) is 15.9 Å². The highest BCUT2D eigenvalue weighted by Crippen LogP contribution is 2.32. The first-order valence-electron chi connectivity index (χ1n) is 13.7. The van der Waals surface area contributed by atoms with Gasteiger partial charge in [-0.3, -0.25) is 4.98 Å². The Balaban J connectivity index is 1.22. The quantitative estimate of drug-likeness (QED) is 0.136. The van der Waals surface area contributed by atoms with Crippen LogP contribution in [0.3, 0.4) is 0 Å². The minimum atomic E-state index is -2.95. The molecule has 0 fully saturated rings. The Kier molecular flexibility index (Phi) is 10.1. The second kappa shape index (κ2) is 14.2. The summed E-state index contributed by atoms with van der Waals surface area (Å²) in [5, 5.41) is 10.6. The van der Waals surface area contributed by atoms with Crippen LogP contribution < -0.4 is 15.4 Å². The Morgan fingerprint density at radius 1 is 1.05 bits per heavy atom. The third kappa shape index (κ3) is 8.44. The van der Waals surface area contributed by atoms with Gasteiger partial charge in [0, 0.05) is 35.2 Å². The van der Waals surface area contributed by atoms with Crippen LogP contribution in [0.5, 0.6) is 5.75 Å². The van der Waals surface area contributed by atoms with Crippen LogP contribution in [0.1, 0.15) is 23.9 Å². The lowest BCUT2D eigenvalue weighted by Crippen LogP contribution is -2.24. The van der Waals surface area contributed by atoms with Gasteiger partial charge in [-0.25, -0.2) is 27.8 Å². The summed E-state index contributed by atoms with van der Waals surface area (Å²) in [6.45, 7) is 3.03. The summed E-state index contributed by atoms with van der Waals surface area (Å²) in [4.78, 5) is 18.1. The van der Waals surface area contributed by atoms with Crippen LogP contribution in [0.2, 0.25) is 5.02 Å². The van der Waals surface area contributed by atoms with Crippen molar-refractivity contribution in [2.45, 2.75) is 26.4 Å². The highest BCUT2D eigenvalue weighted by molar-refractivity contribution is 7.91. The van der Waals surface area contributed by atoms with E-state index in [4.69, 9.17) is 21.3 Å². The summed E-state index contributed by atoms with van der Waals surface area (Å²) in [6.07, 6.45) is 4.80. The van der Waals surface area contributed by atoms with Gasteiger partial charge >= 0.3 is 0 Å². The molecule has 0 aliphatic heterocycles. The zero-order valence-corrected chi connectivity index (χ0v) is 25.8. The average Bonchev–Trinajstić information content (AvgIpc) is 3.47. The van der Waals surface area contributed by atoms with E-state index >= 15 is 0 Å². The molecule has 9 nitrogen and oxygen atoms in total. The molecule has 0 radical (unpaired) electrons. The largest absolute Gasteiger partial charge is 0.487 e. The molecule has 3 heterocycles. The molecule has 0 bridgehead atoms. The number of hydrogen-bond acceptors (Lipinski definition) is 10. The van der Waals surface area contributed by atoms with Crippen molar-refractivity contribution in [1.29, 1.82) is 0 Å². The summed E-state index contributed by atoms with van der Waals surface area (Å²) in [6, 6.07) is 13.5. The van der Waals surface area contributed by atoms with Crippen LogP contribution in [-0.4, -0.2) is 52.9 Å². The number of pyridine rings is 1. The van der Waals surface area contributed by atoms with Gasteiger partial charge in [0.15, 0.2) is 9.84 Å². The maximum absolute atomic E-state index is 13.5. The van der Waals surface area contributed by atoms with Gasteiger partial charge in [0.25, 0.3) is 0 Å². The van der Waals surface area contributed by atoms with Crippen molar-refractivity contribution in [1.82, 2.24) is 25.3 Å². The number of aryl methyl sites for hydroxylation is 1. The first kappa shape index (κ1) is 30.7. The molecule has 13 heteroatoms. The molecular formula is C30H30ClFN6O3S2. The zero-order chi connectivity index (χ0) is 30.2. The summed E-state index contributed by atoms with van der Waals surface area (Å²) < 4.78 is 42.4. The Bertz CT molecular complexity index is 1820. The molecule has 224 valence electrons. The van der Waals surface area contributed by atoms with Crippen LogP contribution in [0.15, 0.2) is 66.4 Å². The third-order valence-electron chi connectivity index (χ3n) is 6.59. The summed E-state index contributed by atoms with van der Waals surface area (Å²) in [5.41, 5.74) is 3.56. The number of aromatic nitrogens is 4. The predicted molar refractivity (Wildman–Crippen MR) is 169 cm³/mol. The van der Waals surface area contributed by atoms with Gasteiger partial charge in [-0.05, 0) is 54.9 Å². The molecule has 2 aromatic carbocycles. The number of fused-ring (bicyclic) bond motifs is 1. The van der Waals surface area contributed by atoms with Gasteiger partial charge in [0.05, 0.1) is 38.9 Å². The summed E-state index contributed by atoms with van der Waals surface area (Å²) in [5.74, 6) is 1.07. The van der Waals surface area contributed by atoms with E-state index < -0.39 is 9.84 Å². The van der Waals surface area contributed by atoms with Crippen molar-refractivity contribution in [2.24, 2.45) is 0 Å². The fourth-order valence-electron chi connectivity index (χ4n) is 4.22. The van der Waals surface area contributed by atoms with Crippen molar-refractivity contribution in [3.05, 3.63) is 87.8 Å². The average molecular weight is 641 g/mol. The van der Waals surface area contributed by atoms with E-state index in [0.717, 1.165) is 35.5 Å². The van der Waals surface area contributed by atoms with E-state index in [1.165, 1.54) is 18.5 Å². The van der Waals surface area contributed by atoms with Gasteiger partial charge in [0.2, 0.25) is 0 Å². The maximum atomic E-state index is 13.5. The zero-order valence-electron chi connectivity index (χ0n) is 23.4. The second-order valence-corrected chi connectivity index (χ2v) is 13.5. The smallest absolute Gasteiger partial charge is 0.151 e. The van der Waals surface area contributed by atoms with E-state index in [9.17, 15) is 12.8 Å². The standard InChI is InChI=1S/C30H30ClFN6O3S2/c1-2-43(39,40)12-11-33-10-4-7-29-38-27(18-42-29)25-15-23-26(16-34-25)35-19-36-30(23)37-22-8-9-28(24(31)14-22)41-17-20-5-3-6-21(32)13-20/h3,5-6,8-9,13-16,18-19,33H,2,4,7,10-12,17H2,1H3,(H,35,36,37). The number of hydrogen-bond donors (Lipinski definition) is 2. The van der Waals surface area contributed by atoms with Gasteiger partial charge in [-0.2, -0.15) is 0 Å². The third-order valence-corrected chi connectivity index (χ3v) is 9.50. The van der Waals surface area contributed by atoms with Crippen LogP contribution in [0, 0.1) is 5.82 Å². The first-order chi connectivity index (χ1) is 20.8. The van der Waals surface area contributed by atoms with Crippen molar-refractivity contribution in [3.63, 3.8) is 0 Å². The molecule has 0 amide bonds. The van der Waals surface area contributed by atoms with Crippen molar-refractivity contribution < 1.29 is 17.5 Å². The maximum Gasteiger partial charge on any atom is 0.151 e. The van der Waals surface area contributed by atoms with E-state index in [1.54, 1.807) is 48.7 Å². The Morgan fingerprint density at radius 3 is 2.74 bits per heavy atom. The first-order valence-corrected chi connectivity index (χ1v) is 16.8. The Labute approximate surface area is 258 Å². The van der Waals surface area contributed by atoms with Crippen LogP contribution in [-0.2, 0) is 22.9 Å². The molecular weight excluding hydrogens is 611 g/mol. The fourth-order valence-corrected chi connectivity index (χ4v) is 6.04. The van der Waals surface area contributed by atoms with Crippen molar-refractivity contribution in [2.75, 3.05) is 29.9 Å². The SMILES string of the molecule is CCS(=O)(=O)CCNCCCc1nc(-c2cc3c(Nc4ccc(OCc5cccc(F)c5)c(Cl)c4)ncnc3cn2)cs1. The Morgan fingerprint density at radius 2 is 1.93 bits per heavy atom. The van der Waals surface area contributed by atoms with Gasteiger partial charge in [-0.1, -0.05) is 30.7 Å². The summed E-state index contributed by atoms with van der Waals surface area (Å²) in [7, 11) is -2.95. The van der Waals surface area contributed by atoms with Gasteiger partial charge in [0.1, 0.15) is 30.3 Å². The molecule has 43 heavy (non-hydrogen) atoms. The molecule has 2 N–H and O–H groups in total. The van der Waals surface area contributed by atoms with Gasteiger partial charge < -0.3 is 15.4 Å². The number of nitrogens with zero attached hydrogens (tertiary/aromatic N) is 4. The minimum absolute atomic E-state index is 0.157. The highest BCUT2D eigenvalue weighted by Gasteiger charge is 2.12. The lowest BCUT2D eigenvalue weighted by atomic mass is 10.2. The van der Waals surface area contributed by atoms with E-state index in [2.05, 4.69) is 25.6 Å². The normalized spacial score (nSPS) is 11.6. The number of nitrogens with one attached hydrogen (secondary N) is 2. The lowest BCUT2D eigenvalue weighted by Gasteiger charge is -2.12. The monoisotopic (exact) mass is 640 g/mol. The predicted octanol–water partition coefficient (Wildman–Crippen LogP) is 6.22. The topological polar surface area (TPSA) is 119 Å². The number of sulfone groups is 1. The molecule has 0 atom stereocenters. The molecule has 5 aromatic rings. The van der Waals surface area contributed by atoms with Crippen molar-refractivity contribution >= 4 is 55.2 Å². The van der Waals surface area contributed by atoms with E-state index in [1.807, 2.05) is 17.5 Å². The van der Waals surface area contributed by atoms with Crippen LogP contribution >= 0.6 is 22.9 Å². The van der Waals surface area contributed by atoms with Crippen molar-refractivity contribution in [3.8, 4) is 17.1 Å². The van der Waals surface area contributed by atoms with Crippen LogP contribution in [0.25, 0.3) is 22.3 Å². The van der Waals surface area contributed by atoms with Gasteiger partial charge in [-0.15, -0.1) is 11.3 Å². The fraction of sp³-hybridized carbons (Fsp3) is 0.267. The number of rotatable bonds is 14. The molecule has 0 saturated heterocycles. The molecule has 0 aliphatic carbocycles.